The van der Waals surface area contributed by atoms with Crippen molar-refractivity contribution in [1.82, 2.24) is 0 Å². The van der Waals surface area contributed by atoms with E-state index in [1.165, 1.54) is 5.57 Å². The van der Waals surface area contributed by atoms with Gasteiger partial charge in [-0.15, -0.1) is 0 Å². The van der Waals surface area contributed by atoms with Gasteiger partial charge in [-0.3, -0.25) is 4.79 Å². The highest BCUT2D eigenvalue weighted by Gasteiger charge is 2.12. The van der Waals surface area contributed by atoms with Gasteiger partial charge in [-0.05, 0) is 32.3 Å². The van der Waals surface area contributed by atoms with Crippen molar-refractivity contribution in [1.29, 1.82) is 10.8 Å². The zero-order chi connectivity index (χ0) is 12.3. The molecule has 0 heterocycles. The van der Waals surface area contributed by atoms with Crippen molar-refractivity contribution in [2.75, 3.05) is 0 Å². The van der Waals surface area contributed by atoms with Crippen LogP contribution in [0.1, 0.15) is 33.1 Å². The lowest BCUT2D eigenvalue weighted by atomic mass is 9.93. The predicted molar refractivity (Wildman–Crippen MR) is 54.1 cm³/mol. The summed E-state index contributed by atoms with van der Waals surface area (Å²) in [5.41, 5.74) is 2.28. The fourth-order valence-corrected chi connectivity index (χ4v) is 1.13. The first kappa shape index (κ1) is 15.6. The molecule has 1 aliphatic carbocycles. The van der Waals surface area contributed by atoms with Crippen molar-refractivity contribution in [3.63, 3.8) is 0 Å². The van der Waals surface area contributed by atoms with Crippen molar-refractivity contribution in [2.24, 2.45) is 0 Å². The Balaban J connectivity index is 0. The van der Waals surface area contributed by atoms with Crippen molar-refractivity contribution in [3.8, 4) is 0 Å². The van der Waals surface area contributed by atoms with E-state index < -0.39 is 0 Å². The Labute approximate surface area is 88.2 Å². The lowest BCUT2D eigenvalue weighted by molar-refractivity contribution is -0.116. The van der Waals surface area contributed by atoms with Crippen LogP contribution in [0.15, 0.2) is 11.1 Å². The average Bonchev–Trinajstić information content (AvgIpc) is 2.17. The molecule has 0 radical (unpaired) electrons. The molecule has 5 heteroatoms. The highest BCUT2D eigenvalue weighted by Crippen LogP contribution is 2.20. The molecule has 0 aliphatic heterocycles. The third kappa shape index (κ3) is 8.50. The Morgan fingerprint density at radius 2 is 1.47 bits per heavy atom. The Kier molecular flexibility index (Phi) is 10.7. The van der Waals surface area contributed by atoms with Crippen LogP contribution in [0.4, 0.5) is 0 Å². The Morgan fingerprint density at radius 3 is 1.73 bits per heavy atom. The molecule has 5 nitrogen and oxygen atoms in total. The summed E-state index contributed by atoms with van der Waals surface area (Å²) in [6.45, 7) is 3.98. The lowest BCUT2D eigenvalue weighted by Crippen LogP contribution is -2.07. The predicted octanol–water partition coefficient (Wildman–Crippen LogP) is 1.88. The van der Waals surface area contributed by atoms with Crippen molar-refractivity contribution >= 4 is 17.9 Å². The van der Waals surface area contributed by atoms with Crippen LogP contribution in [0, 0.1) is 10.8 Å². The largest absolute Gasteiger partial charge is 0.295 e. The maximum atomic E-state index is 10.9. The first-order valence-corrected chi connectivity index (χ1v) is 4.32. The van der Waals surface area contributed by atoms with Gasteiger partial charge in [0, 0.05) is 6.42 Å². The third-order valence-electron chi connectivity index (χ3n) is 2.01. The van der Waals surface area contributed by atoms with Gasteiger partial charge in [-0.1, -0.05) is 5.57 Å². The fraction of sp³-hybridized carbons (Fsp3) is 0.500. The van der Waals surface area contributed by atoms with Crippen LogP contribution in [-0.2, 0) is 14.4 Å². The summed E-state index contributed by atoms with van der Waals surface area (Å²) >= 11 is 0. The zero-order valence-corrected chi connectivity index (χ0v) is 8.85. The van der Waals surface area contributed by atoms with Crippen molar-refractivity contribution in [2.45, 2.75) is 33.1 Å². The van der Waals surface area contributed by atoms with Crippen LogP contribution in [-0.4, -0.2) is 17.9 Å². The molecule has 2 N–H and O–H groups in total. The van der Waals surface area contributed by atoms with Gasteiger partial charge < -0.3 is 0 Å². The van der Waals surface area contributed by atoms with E-state index in [0.29, 0.717) is 5.78 Å². The van der Waals surface area contributed by atoms with E-state index in [2.05, 4.69) is 0 Å². The Hall–Kier alpha value is -1.83. The first-order chi connectivity index (χ1) is 7.04. The van der Waals surface area contributed by atoms with Crippen LogP contribution in [0.5, 0.6) is 0 Å². The summed E-state index contributed by atoms with van der Waals surface area (Å²) in [4.78, 5) is 27.6. The number of hydrogen-bond acceptors (Lipinski definition) is 5. The first-order valence-electron chi connectivity index (χ1n) is 4.32. The van der Waals surface area contributed by atoms with Crippen LogP contribution in [0.3, 0.4) is 0 Å². The number of isocyanates is 2. The van der Waals surface area contributed by atoms with Gasteiger partial charge >= 0.3 is 0 Å². The molecule has 0 amide bonds. The number of allylic oxidation sites excluding steroid dienone is 2. The summed E-state index contributed by atoms with van der Waals surface area (Å²) in [5.74, 6) is 0.346. The third-order valence-corrected chi connectivity index (χ3v) is 2.01. The van der Waals surface area contributed by atoms with Gasteiger partial charge in [0.05, 0.1) is 0 Å². The Morgan fingerprint density at radius 1 is 1.07 bits per heavy atom. The average molecular weight is 210 g/mol. The minimum absolute atomic E-state index is 0.346. The molecule has 1 rings (SSSR count). The van der Waals surface area contributed by atoms with E-state index in [4.69, 9.17) is 20.4 Å². The highest BCUT2D eigenvalue weighted by atomic mass is 16.1. The van der Waals surface area contributed by atoms with E-state index in [0.717, 1.165) is 37.0 Å². The number of hydrogen-bond donors (Lipinski definition) is 2. The molecule has 82 valence electrons. The number of ketones is 1. The second kappa shape index (κ2) is 10.3. The smallest absolute Gasteiger partial charge is 0.231 e. The van der Waals surface area contributed by atoms with E-state index >= 15 is 0 Å². The molecule has 15 heavy (non-hydrogen) atoms. The number of carbonyl (C=O) groups is 1. The summed E-state index contributed by atoms with van der Waals surface area (Å²) in [5, 5.41) is 10.8. The fourth-order valence-electron chi connectivity index (χ4n) is 1.13. The van der Waals surface area contributed by atoms with E-state index in [-0.39, 0.29) is 0 Å². The maximum absolute atomic E-state index is 10.9. The van der Waals surface area contributed by atoms with Crippen molar-refractivity contribution < 1.29 is 14.4 Å². The second-order valence-corrected chi connectivity index (χ2v) is 2.89. The molecule has 0 aromatic rings. The van der Waals surface area contributed by atoms with Crippen molar-refractivity contribution in [3.05, 3.63) is 11.1 Å². The quantitative estimate of drug-likeness (QED) is 0.471. The van der Waals surface area contributed by atoms with E-state index in [9.17, 15) is 4.79 Å². The maximum Gasteiger partial charge on any atom is 0.231 e. The molecule has 0 saturated heterocycles. The highest BCUT2D eigenvalue weighted by molar-refractivity contribution is 5.96. The van der Waals surface area contributed by atoms with Gasteiger partial charge in [-0.25, -0.2) is 20.4 Å². The lowest BCUT2D eigenvalue weighted by Gasteiger charge is -2.11. The standard InChI is InChI=1S/C8H12O.2CHNO/c1-6-4-3-5-8(9)7(6)2;2*2-1-3/h3-5H2,1-2H3;2*2H. The summed E-state index contributed by atoms with van der Waals surface area (Å²) in [6.07, 6.45) is 4.45. The number of carbonyl (C=O) groups excluding carboxylic acids is 3. The van der Waals surface area contributed by atoms with Gasteiger partial charge in [0.25, 0.3) is 0 Å². The zero-order valence-electron chi connectivity index (χ0n) is 8.85. The van der Waals surface area contributed by atoms with Gasteiger partial charge in [-0.2, -0.15) is 0 Å². The van der Waals surface area contributed by atoms with Crippen LogP contribution >= 0.6 is 0 Å². The molecule has 0 aromatic carbocycles. The molecule has 0 aromatic heterocycles. The molecule has 0 saturated carbocycles. The monoisotopic (exact) mass is 210 g/mol. The number of nitrogens with one attached hydrogen (secondary N) is 2. The molecule has 1 aliphatic rings. The molecule has 0 bridgehead atoms. The molecule has 0 spiro atoms. The number of Topliss-reactive ketones (excluding diaryl/α,β-unsaturated/α-hetero) is 1. The summed E-state index contributed by atoms with van der Waals surface area (Å²) < 4.78 is 0. The molecule has 0 atom stereocenters. The normalized spacial score (nSPS) is 13.6. The van der Waals surface area contributed by atoms with Gasteiger partial charge in [0.15, 0.2) is 5.78 Å². The summed E-state index contributed by atoms with van der Waals surface area (Å²) in [6, 6.07) is 0. The summed E-state index contributed by atoms with van der Waals surface area (Å²) in [7, 11) is 0. The Bertz CT molecular complexity index is 295. The second-order valence-electron chi connectivity index (χ2n) is 2.89. The molecule has 0 unspecified atom stereocenters. The molecule has 0 fully saturated rings. The SMILES string of the molecule is CC1=C(C)C(=O)CCC1.N=C=O.N=C=O. The van der Waals surface area contributed by atoms with E-state index in [1.54, 1.807) is 0 Å². The van der Waals surface area contributed by atoms with Gasteiger partial charge in [0.1, 0.15) is 0 Å². The molecular weight excluding hydrogens is 196 g/mol. The molecular formula is C10H14N2O3. The van der Waals surface area contributed by atoms with Gasteiger partial charge in [0.2, 0.25) is 12.2 Å². The minimum atomic E-state index is 0.346. The van der Waals surface area contributed by atoms with E-state index in [1.807, 2.05) is 13.8 Å². The van der Waals surface area contributed by atoms with Crippen LogP contribution < -0.4 is 0 Å². The topological polar surface area (TPSA) is 98.9 Å². The van der Waals surface area contributed by atoms with Crippen LogP contribution in [0.2, 0.25) is 0 Å². The van der Waals surface area contributed by atoms with Crippen LogP contribution in [0.25, 0.3) is 0 Å². The minimum Gasteiger partial charge on any atom is -0.295 e. The number of rotatable bonds is 0.